The molecule has 0 spiro atoms. The first-order chi connectivity index (χ1) is 5.38. The highest BCUT2D eigenvalue weighted by atomic mass is 14.7. The number of hydrogen-bond donors (Lipinski definition) is 1. The molecule has 0 saturated heterocycles. The number of benzene rings is 1. The number of rotatable bonds is 0. The third kappa shape index (κ3) is 1.00. The van der Waals surface area contributed by atoms with Crippen molar-refractivity contribution in [3.63, 3.8) is 0 Å². The number of aliphatic imine (C=N–C) groups is 1. The van der Waals surface area contributed by atoms with Crippen LogP contribution in [-0.4, -0.2) is 12.8 Å². The van der Waals surface area contributed by atoms with Crippen LogP contribution in [0.2, 0.25) is 0 Å². The number of anilines is 1. The van der Waals surface area contributed by atoms with Crippen LogP contribution in [0.4, 0.5) is 5.69 Å². The van der Waals surface area contributed by atoms with E-state index in [2.05, 4.69) is 11.1 Å². The summed E-state index contributed by atoms with van der Waals surface area (Å²) < 4.78 is 0. The highest BCUT2D eigenvalue weighted by Crippen LogP contribution is 2.17. The van der Waals surface area contributed by atoms with E-state index in [0.717, 1.165) is 24.2 Å². The molecule has 2 N–H and O–H groups in total. The first-order valence-corrected chi connectivity index (χ1v) is 3.75. The van der Waals surface area contributed by atoms with Gasteiger partial charge in [0.1, 0.15) is 0 Å². The van der Waals surface area contributed by atoms with E-state index >= 15 is 0 Å². The van der Waals surface area contributed by atoms with Crippen molar-refractivity contribution in [3.05, 3.63) is 29.3 Å². The number of nitrogens with zero attached hydrogens (tertiary/aromatic N) is 1. The first-order valence-electron chi connectivity index (χ1n) is 3.75. The normalized spacial score (nSPS) is 14.5. The average Bonchev–Trinajstić information content (AvgIpc) is 2.06. The van der Waals surface area contributed by atoms with Crippen LogP contribution in [-0.2, 0) is 6.42 Å². The molecule has 56 valence electrons. The second-order valence-corrected chi connectivity index (χ2v) is 2.71. The summed E-state index contributed by atoms with van der Waals surface area (Å²) in [7, 11) is 0. The Morgan fingerprint density at radius 1 is 1.36 bits per heavy atom. The molecule has 1 aliphatic heterocycles. The molecular formula is C9H10N2. The topological polar surface area (TPSA) is 38.4 Å². The average molecular weight is 146 g/mol. The van der Waals surface area contributed by atoms with Crippen molar-refractivity contribution in [2.45, 2.75) is 6.42 Å². The second-order valence-electron chi connectivity index (χ2n) is 2.71. The van der Waals surface area contributed by atoms with Gasteiger partial charge in [0.2, 0.25) is 0 Å². The van der Waals surface area contributed by atoms with Crippen LogP contribution in [0.1, 0.15) is 11.1 Å². The molecule has 2 nitrogen and oxygen atoms in total. The SMILES string of the molecule is Nc1cccc2c1C=NCC2. The van der Waals surface area contributed by atoms with Crippen LogP contribution in [0.15, 0.2) is 23.2 Å². The van der Waals surface area contributed by atoms with Crippen molar-refractivity contribution in [3.8, 4) is 0 Å². The van der Waals surface area contributed by atoms with Crippen molar-refractivity contribution >= 4 is 11.9 Å². The molecule has 0 bridgehead atoms. The van der Waals surface area contributed by atoms with E-state index in [0.29, 0.717) is 0 Å². The minimum Gasteiger partial charge on any atom is -0.398 e. The summed E-state index contributed by atoms with van der Waals surface area (Å²) in [6, 6.07) is 6.01. The van der Waals surface area contributed by atoms with Gasteiger partial charge in [-0.2, -0.15) is 0 Å². The summed E-state index contributed by atoms with van der Waals surface area (Å²) in [4.78, 5) is 4.17. The van der Waals surface area contributed by atoms with E-state index in [4.69, 9.17) is 5.73 Å². The Morgan fingerprint density at radius 3 is 3.09 bits per heavy atom. The van der Waals surface area contributed by atoms with Crippen LogP contribution < -0.4 is 5.73 Å². The summed E-state index contributed by atoms with van der Waals surface area (Å²) >= 11 is 0. The van der Waals surface area contributed by atoms with Gasteiger partial charge in [0, 0.05) is 24.0 Å². The van der Waals surface area contributed by atoms with Gasteiger partial charge in [-0.25, -0.2) is 0 Å². The minimum absolute atomic E-state index is 0.839. The number of hydrogen-bond acceptors (Lipinski definition) is 2. The maximum absolute atomic E-state index is 5.75. The van der Waals surface area contributed by atoms with E-state index in [9.17, 15) is 0 Å². The molecule has 0 atom stereocenters. The number of fused-ring (bicyclic) bond motifs is 1. The summed E-state index contributed by atoms with van der Waals surface area (Å²) in [5.74, 6) is 0. The van der Waals surface area contributed by atoms with Gasteiger partial charge in [0.15, 0.2) is 0 Å². The van der Waals surface area contributed by atoms with Crippen LogP contribution >= 0.6 is 0 Å². The van der Waals surface area contributed by atoms with E-state index < -0.39 is 0 Å². The Balaban J connectivity index is 2.60. The van der Waals surface area contributed by atoms with E-state index in [1.165, 1.54) is 5.56 Å². The maximum atomic E-state index is 5.75. The number of nitrogen functional groups attached to an aromatic ring is 1. The molecule has 1 aromatic rings. The zero-order valence-electron chi connectivity index (χ0n) is 6.25. The lowest BCUT2D eigenvalue weighted by Gasteiger charge is -2.10. The molecule has 0 radical (unpaired) electrons. The molecule has 0 aromatic heterocycles. The first kappa shape index (κ1) is 6.40. The van der Waals surface area contributed by atoms with Crippen LogP contribution in [0.3, 0.4) is 0 Å². The molecule has 1 heterocycles. The summed E-state index contributed by atoms with van der Waals surface area (Å²) in [6.45, 7) is 0.899. The Labute approximate surface area is 65.8 Å². The monoisotopic (exact) mass is 146 g/mol. The van der Waals surface area contributed by atoms with Gasteiger partial charge < -0.3 is 5.73 Å². The fourth-order valence-corrected chi connectivity index (χ4v) is 1.35. The Kier molecular flexibility index (Phi) is 1.39. The van der Waals surface area contributed by atoms with Crippen molar-refractivity contribution in [1.82, 2.24) is 0 Å². The van der Waals surface area contributed by atoms with Gasteiger partial charge in [0.05, 0.1) is 0 Å². The van der Waals surface area contributed by atoms with Gasteiger partial charge in [-0.05, 0) is 18.1 Å². The van der Waals surface area contributed by atoms with Gasteiger partial charge in [-0.15, -0.1) is 0 Å². The molecule has 0 fully saturated rings. The molecular weight excluding hydrogens is 136 g/mol. The van der Waals surface area contributed by atoms with Crippen LogP contribution in [0.5, 0.6) is 0 Å². The summed E-state index contributed by atoms with van der Waals surface area (Å²) in [6.07, 6.45) is 2.89. The zero-order valence-corrected chi connectivity index (χ0v) is 6.25. The lowest BCUT2D eigenvalue weighted by molar-refractivity contribution is 0.953. The Hall–Kier alpha value is -1.31. The van der Waals surface area contributed by atoms with Crippen LogP contribution in [0, 0.1) is 0 Å². The van der Waals surface area contributed by atoms with Crippen molar-refractivity contribution in [2.75, 3.05) is 12.3 Å². The molecule has 2 rings (SSSR count). The highest BCUT2D eigenvalue weighted by Gasteiger charge is 2.06. The minimum atomic E-state index is 0.839. The molecule has 2 heteroatoms. The third-order valence-corrected chi connectivity index (χ3v) is 1.96. The maximum Gasteiger partial charge on any atom is 0.0430 e. The molecule has 1 aromatic carbocycles. The summed E-state index contributed by atoms with van der Waals surface area (Å²) in [5, 5.41) is 0. The van der Waals surface area contributed by atoms with Gasteiger partial charge >= 0.3 is 0 Å². The number of nitrogens with two attached hydrogens (primary N) is 1. The largest absolute Gasteiger partial charge is 0.398 e. The fraction of sp³-hybridized carbons (Fsp3) is 0.222. The summed E-state index contributed by atoms with van der Waals surface area (Å²) in [5.41, 5.74) is 9.02. The van der Waals surface area contributed by atoms with Crippen LogP contribution in [0.25, 0.3) is 0 Å². The zero-order chi connectivity index (χ0) is 7.68. The quantitative estimate of drug-likeness (QED) is 0.549. The molecule has 1 aliphatic rings. The molecule has 0 aliphatic carbocycles. The van der Waals surface area contributed by atoms with Gasteiger partial charge in [-0.1, -0.05) is 12.1 Å². The standard InChI is InChI=1S/C9H10N2/c10-9-3-1-2-7-4-5-11-6-8(7)9/h1-3,6H,4-5,10H2. The van der Waals surface area contributed by atoms with Gasteiger partial charge in [0.25, 0.3) is 0 Å². The lowest BCUT2D eigenvalue weighted by Crippen LogP contribution is -2.05. The lowest BCUT2D eigenvalue weighted by atomic mass is 10.0. The predicted octanol–water partition coefficient (Wildman–Crippen LogP) is 1.24. The smallest absolute Gasteiger partial charge is 0.0430 e. The molecule has 0 unspecified atom stereocenters. The highest BCUT2D eigenvalue weighted by molar-refractivity contribution is 5.89. The van der Waals surface area contributed by atoms with Crippen molar-refractivity contribution < 1.29 is 0 Å². The Morgan fingerprint density at radius 2 is 2.27 bits per heavy atom. The Bertz CT molecular complexity index is 302. The molecule has 0 amide bonds. The van der Waals surface area contributed by atoms with Gasteiger partial charge in [-0.3, -0.25) is 4.99 Å². The van der Waals surface area contributed by atoms with E-state index in [1.54, 1.807) is 0 Å². The third-order valence-electron chi connectivity index (χ3n) is 1.96. The van der Waals surface area contributed by atoms with Crippen molar-refractivity contribution in [2.24, 2.45) is 4.99 Å². The van der Waals surface area contributed by atoms with E-state index in [1.807, 2.05) is 18.3 Å². The second kappa shape index (κ2) is 2.38. The fourth-order valence-electron chi connectivity index (χ4n) is 1.35. The molecule has 11 heavy (non-hydrogen) atoms. The van der Waals surface area contributed by atoms with Crippen molar-refractivity contribution in [1.29, 1.82) is 0 Å². The molecule has 0 saturated carbocycles. The van der Waals surface area contributed by atoms with E-state index in [-0.39, 0.29) is 0 Å². The predicted molar refractivity (Wildman–Crippen MR) is 47.0 cm³/mol.